The first kappa shape index (κ1) is 28.1. The third kappa shape index (κ3) is 7.30. The van der Waals surface area contributed by atoms with Crippen LogP contribution in [0.2, 0.25) is 0 Å². The summed E-state index contributed by atoms with van der Waals surface area (Å²) in [5.74, 6) is -1.27. The second-order valence-corrected chi connectivity index (χ2v) is 8.48. The predicted octanol–water partition coefficient (Wildman–Crippen LogP) is 7.26. The molecule has 2 rings (SSSR count). The first-order valence-corrected chi connectivity index (χ1v) is 12.8. The molecule has 0 atom stereocenters. The van der Waals surface area contributed by atoms with Crippen molar-refractivity contribution in [3.63, 3.8) is 0 Å². The Labute approximate surface area is 203 Å². The van der Waals surface area contributed by atoms with Gasteiger partial charge in [0.2, 0.25) is 0 Å². The van der Waals surface area contributed by atoms with E-state index in [1.807, 2.05) is 26.0 Å². The minimum atomic E-state index is -0.754. The fourth-order valence-corrected chi connectivity index (χ4v) is 4.52. The lowest BCUT2D eigenvalue weighted by molar-refractivity contribution is -0.137. The number of ketones is 1. The molecule has 0 heterocycles. The second kappa shape index (κ2) is 14.3. The Bertz CT molecular complexity index is 865. The average Bonchev–Trinajstić information content (AvgIpc) is 2.83. The maximum absolute atomic E-state index is 12.2. The molecule has 0 aliphatic heterocycles. The fraction of sp³-hybridized carbons (Fsp3) is 0.500. The number of esters is 1. The summed E-state index contributed by atoms with van der Waals surface area (Å²) in [6.45, 7) is 14.6. The summed E-state index contributed by atoms with van der Waals surface area (Å²) in [5.41, 5.74) is 7.96. The monoisotopic (exact) mass is 502 g/mol. The lowest BCUT2D eigenvalue weighted by Crippen LogP contribution is -2.21. The molecule has 0 saturated carbocycles. The van der Waals surface area contributed by atoms with Gasteiger partial charge in [0, 0.05) is 10.0 Å². The van der Waals surface area contributed by atoms with Crippen molar-refractivity contribution < 1.29 is 14.3 Å². The van der Waals surface area contributed by atoms with E-state index in [4.69, 9.17) is 4.74 Å². The minimum absolute atomic E-state index is 0.223. The normalized spacial score (nSPS) is 10.4. The largest absolute Gasteiger partial charge is 0.460 e. The number of aryl methyl sites for hydroxylation is 6. The number of halogens is 1. The van der Waals surface area contributed by atoms with E-state index in [1.165, 1.54) is 26.7 Å². The van der Waals surface area contributed by atoms with Crippen LogP contribution in [0.1, 0.15) is 92.2 Å². The summed E-state index contributed by atoms with van der Waals surface area (Å²) in [7, 11) is 0. The van der Waals surface area contributed by atoms with Crippen LogP contribution < -0.4 is 0 Å². The van der Waals surface area contributed by atoms with E-state index < -0.39 is 11.8 Å². The number of Topliss-reactive ketones (excluding diaryl/α,β-unsaturated/α-hetero) is 1. The minimum Gasteiger partial charge on any atom is -0.460 e. The highest BCUT2D eigenvalue weighted by Crippen LogP contribution is 2.25. The zero-order valence-corrected chi connectivity index (χ0v) is 22.4. The summed E-state index contributed by atoms with van der Waals surface area (Å²) in [4.78, 5) is 23.9. The fourth-order valence-electron chi connectivity index (χ4n) is 3.73. The molecule has 32 heavy (non-hydrogen) atoms. The molecule has 0 bridgehead atoms. The van der Waals surface area contributed by atoms with Crippen molar-refractivity contribution in [3.05, 3.63) is 67.7 Å². The molecule has 0 N–H and O–H groups in total. The maximum atomic E-state index is 12.2. The van der Waals surface area contributed by atoms with Crippen LogP contribution in [0.5, 0.6) is 0 Å². The molecule has 176 valence electrons. The van der Waals surface area contributed by atoms with Crippen LogP contribution in [0.4, 0.5) is 0 Å². The van der Waals surface area contributed by atoms with Gasteiger partial charge in [0.25, 0.3) is 5.78 Å². The maximum Gasteiger partial charge on any atom is 0.379 e. The molecule has 4 heteroatoms. The zero-order chi connectivity index (χ0) is 24.3. The Kier molecular flexibility index (Phi) is 12.5. The van der Waals surface area contributed by atoms with Crippen molar-refractivity contribution in [2.24, 2.45) is 0 Å². The van der Waals surface area contributed by atoms with Gasteiger partial charge in [-0.25, -0.2) is 4.79 Å². The van der Waals surface area contributed by atoms with Gasteiger partial charge in [0.05, 0.1) is 6.61 Å². The van der Waals surface area contributed by atoms with Crippen LogP contribution in [0.3, 0.4) is 0 Å². The van der Waals surface area contributed by atoms with Gasteiger partial charge in [-0.05, 0) is 78.8 Å². The molecule has 0 aliphatic carbocycles. The van der Waals surface area contributed by atoms with Crippen molar-refractivity contribution in [1.82, 2.24) is 0 Å². The Hall–Kier alpha value is -1.94. The van der Waals surface area contributed by atoms with E-state index in [2.05, 4.69) is 55.8 Å². The molecule has 0 saturated heterocycles. The molecule has 0 aliphatic rings. The molecule has 0 spiro atoms. The van der Waals surface area contributed by atoms with Crippen LogP contribution >= 0.6 is 15.9 Å². The highest BCUT2D eigenvalue weighted by atomic mass is 79.9. The molecule has 0 radical (unpaired) electrons. The van der Waals surface area contributed by atoms with Crippen LogP contribution in [0.25, 0.3) is 0 Å². The quantitative estimate of drug-likeness (QED) is 0.206. The second-order valence-electron chi connectivity index (χ2n) is 7.69. The number of ether oxygens (including phenoxy) is 1. The van der Waals surface area contributed by atoms with Crippen LogP contribution in [0.15, 0.2) is 28.7 Å². The summed E-state index contributed by atoms with van der Waals surface area (Å²) < 4.78 is 6.14. The van der Waals surface area contributed by atoms with Crippen LogP contribution in [-0.2, 0) is 48.1 Å². The molecular formula is C28H39BrO3. The number of carbonyl (C=O) groups is 2. The van der Waals surface area contributed by atoms with E-state index in [0.29, 0.717) is 5.56 Å². The standard InChI is InChI=1S/C16H22O3.C12H17Br/c1-5-11-9-12(6-2)14(13(7-3)10-11)15(17)16(18)19-8-4;1-4-9-7-10(5-2)12(13)11(6-3)8-9/h9-10H,5-8H2,1-4H3;7-8H,4-6H2,1-3H3. The average molecular weight is 504 g/mol. The van der Waals surface area contributed by atoms with Crippen molar-refractivity contribution in [2.75, 3.05) is 6.61 Å². The molecular weight excluding hydrogens is 464 g/mol. The lowest BCUT2D eigenvalue weighted by atomic mass is 9.91. The molecule has 0 amide bonds. The SMILES string of the molecule is CCOC(=O)C(=O)c1c(CC)cc(CC)cc1CC.CCc1cc(CC)c(Br)c(CC)c1. The Morgan fingerprint density at radius 1 is 0.656 bits per heavy atom. The van der Waals surface area contributed by atoms with E-state index in [0.717, 1.165) is 49.7 Å². The molecule has 2 aromatic rings. The Morgan fingerprint density at radius 2 is 1.03 bits per heavy atom. The smallest absolute Gasteiger partial charge is 0.379 e. The van der Waals surface area contributed by atoms with Gasteiger partial charge in [-0.2, -0.15) is 0 Å². The van der Waals surface area contributed by atoms with Gasteiger partial charge >= 0.3 is 5.97 Å². The van der Waals surface area contributed by atoms with Gasteiger partial charge in [-0.3, -0.25) is 4.79 Å². The van der Waals surface area contributed by atoms with Gasteiger partial charge in [-0.1, -0.05) is 81.7 Å². The third-order valence-corrected chi connectivity index (χ3v) is 6.69. The summed E-state index contributed by atoms with van der Waals surface area (Å²) >= 11 is 3.66. The highest BCUT2D eigenvalue weighted by Gasteiger charge is 2.23. The van der Waals surface area contributed by atoms with Crippen LogP contribution in [0, 0.1) is 0 Å². The number of benzene rings is 2. The van der Waals surface area contributed by atoms with E-state index >= 15 is 0 Å². The van der Waals surface area contributed by atoms with Crippen molar-refractivity contribution in [1.29, 1.82) is 0 Å². The molecule has 0 aromatic heterocycles. The van der Waals surface area contributed by atoms with Crippen LogP contribution in [-0.4, -0.2) is 18.4 Å². The summed E-state index contributed by atoms with van der Waals surface area (Å²) in [6, 6.07) is 8.66. The van der Waals surface area contributed by atoms with Crippen molar-refractivity contribution in [3.8, 4) is 0 Å². The van der Waals surface area contributed by atoms with E-state index in [-0.39, 0.29) is 6.61 Å². The number of hydrogen-bond acceptors (Lipinski definition) is 3. The first-order chi connectivity index (χ1) is 15.3. The van der Waals surface area contributed by atoms with Gasteiger partial charge < -0.3 is 4.74 Å². The highest BCUT2D eigenvalue weighted by molar-refractivity contribution is 9.10. The van der Waals surface area contributed by atoms with E-state index in [1.54, 1.807) is 6.92 Å². The van der Waals surface area contributed by atoms with Crippen molar-refractivity contribution >= 4 is 27.7 Å². The topological polar surface area (TPSA) is 43.4 Å². The Morgan fingerprint density at radius 3 is 1.34 bits per heavy atom. The van der Waals surface area contributed by atoms with E-state index in [9.17, 15) is 9.59 Å². The number of carbonyl (C=O) groups excluding carboxylic acids is 2. The molecule has 0 unspecified atom stereocenters. The number of hydrogen-bond donors (Lipinski definition) is 0. The predicted molar refractivity (Wildman–Crippen MR) is 138 cm³/mol. The van der Waals surface area contributed by atoms with Gasteiger partial charge in [-0.15, -0.1) is 0 Å². The lowest BCUT2D eigenvalue weighted by Gasteiger charge is -2.13. The van der Waals surface area contributed by atoms with Gasteiger partial charge in [0.1, 0.15) is 0 Å². The first-order valence-electron chi connectivity index (χ1n) is 12.0. The summed E-state index contributed by atoms with van der Waals surface area (Å²) in [6.07, 6.45) is 5.76. The molecule has 0 fully saturated rings. The Balaban J connectivity index is 0.000000343. The zero-order valence-electron chi connectivity index (χ0n) is 20.9. The molecule has 2 aromatic carbocycles. The number of rotatable bonds is 9. The summed E-state index contributed by atoms with van der Waals surface area (Å²) in [5, 5.41) is 0. The molecule has 3 nitrogen and oxygen atoms in total. The van der Waals surface area contributed by atoms with Crippen molar-refractivity contribution in [2.45, 2.75) is 87.0 Å². The van der Waals surface area contributed by atoms with Gasteiger partial charge in [0.15, 0.2) is 0 Å². The third-order valence-electron chi connectivity index (χ3n) is 5.67.